The van der Waals surface area contributed by atoms with Crippen LogP contribution < -0.4 is 16.0 Å². The molecule has 2 amide bonds. The summed E-state index contributed by atoms with van der Waals surface area (Å²) in [5, 5.41) is 20.3. The number of anilines is 4. The van der Waals surface area contributed by atoms with Crippen LogP contribution in [0.4, 0.5) is 22.7 Å². The first-order valence-electron chi connectivity index (χ1n) is 9.38. The molecule has 150 valence electrons. The van der Waals surface area contributed by atoms with Gasteiger partial charge in [0.2, 0.25) is 11.8 Å². The topological polar surface area (TPSA) is 103 Å². The highest BCUT2D eigenvalue weighted by Gasteiger charge is 2.12. The van der Waals surface area contributed by atoms with E-state index in [1.54, 1.807) is 24.3 Å². The molecule has 0 radical (unpaired) electrons. The fourth-order valence-electron chi connectivity index (χ4n) is 3.33. The molecule has 0 unspecified atom stereocenters. The molecule has 0 atom stereocenters. The molecule has 0 aliphatic heterocycles. The van der Waals surface area contributed by atoms with Gasteiger partial charge in [-0.3, -0.25) is 9.59 Å². The first-order valence-corrected chi connectivity index (χ1v) is 9.38. The second kappa shape index (κ2) is 7.71. The lowest BCUT2D eigenvalue weighted by Gasteiger charge is -2.15. The Morgan fingerprint density at radius 1 is 0.733 bits per heavy atom. The number of benzene rings is 3. The lowest BCUT2D eigenvalue weighted by atomic mass is 10.1. The molecule has 7 nitrogen and oxygen atoms in total. The van der Waals surface area contributed by atoms with Gasteiger partial charge < -0.3 is 21.1 Å². The van der Waals surface area contributed by atoms with Crippen molar-refractivity contribution in [1.29, 1.82) is 0 Å². The maximum Gasteiger partial charge on any atom is 0.221 e. The Morgan fingerprint density at radius 3 is 1.67 bits per heavy atom. The van der Waals surface area contributed by atoms with Gasteiger partial charge in [0.1, 0.15) is 5.75 Å². The quantitative estimate of drug-likeness (QED) is 0.292. The molecule has 0 aliphatic carbocycles. The molecular weight excluding hydrogens is 380 g/mol. The third kappa shape index (κ3) is 4.00. The third-order valence-electron chi connectivity index (χ3n) is 4.55. The largest absolute Gasteiger partial charge is 0.508 e. The van der Waals surface area contributed by atoms with Crippen molar-refractivity contribution in [1.82, 2.24) is 4.98 Å². The summed E-state index contributed by atoms with van der Waals surface area (Å²) in [5.41, 5.74) is 4.32. The standard InChI is InChI=1S/C23H20N4O3/c1-13(28)24-16-5-9-19-21(11-16)27-22-12-17(25-14(2)29)6-10-20(22)23(19)26-15-3-7-18(30)8-4-15/h3-12,30H,1-2H3,(H,24,28)(H,25,29)(H,26,27). The number of aromatic hydroxyl groups is 1. The van der Waals surface area contributed by atoms with E-state index in [2.05, 4.69) is 16.0 Å². The van der Waals surface area contributed by atoms with E-state index in [9.17, 15) is 14.7 Å². The zero-order chi connectivity index (χ0) is 21.3. The summed E-state index contributed by atoms with van der Waals surface area (Å²) in [6, 6.07) is 17.8. The summed E-state index contributed by atoms with van der Waals surface area (Å²) >= 11 is 0. The van der Waals surface area contributed by atoms with Crippen LogP contribution in [-0.2, 0) is 9.59 Å². The molecule has 0 fully saturated rings. The predicted molar refractivity (Wildman–Crippen MR) is 119 cm³/mol. The monoisotopic (exact) mass is 400 g/mol. The molecule has 1 aromatic heterocycles. The van der Waals surface area contributed by atoms with Crippen LogP contribution in [0.3, 0.4) is 0 Å². The highest BCUT2D eigenvalue weighted by molar-refractivity contribution is 6.10. The molecule has 4 aromatic rings. The summed E-state index contributed by atoms with van der Waals surface area (Å²) in [5.74, 6) is -0.138. The van der Waals surface area contributed by atoms with E-state index in [0.717, 1.165) is 22.1 Å². The van der Waals surface area contributed by atoms with Gasteiger partial charge in [-0.05, 0) is 60.7 Å². The van der Waals surface area contributed by atoms with Crippen molar-refractivity contribution < 1.29 is 14.7 Å². The number of nitrogens with one attached hydrogen (secondary N) is 3. The van der Waals surface area contributed by atoms with Gasteiger partial charge in [-0.25, -0.2) is 4.98 Å². The van der Waals surface area contributed by atoms with Crippen LogP contribution in [0, 0.1) is 0 Å². The van der Waals surface area contributed by atoms with Crippen molar-refractivity contribution in [2.45, 2.75) is 13.8 Å². The Balaban J connectivity index is 1.91. The molecule has 0 aliphatic rings. The van der Waals surface area contributed by atoms with Crippen LogP contribution in [0.15, 0.2) is 60.7 Å². The number of nitrogens with zero attached hydrogens (tertiary/aromatic N) is 1. The number of rotatable bonds is 4. The number of hydrogen-bond acceptors (Lipinski definition) is 5. The maximum absolute atomic E-state index is 11.4. The number of hydrogen-bond donors (Lipinski definition) is 4. The summed E-state index contributed by atoms with van der Waals surface area (Å²) in [6.45, 7) is 2.91. The second-order valence-electron chi connectivity index (χ2n) is 6.98. The molecule has 7 heteroatoms. The number of fused-ring (bicyclic) bond motifs is 2. The molecule has 1 heterocycles. The van der Waals surface area contributed by atoms with Crippen LogP contribution in [0.1, 0.15) is 13.8 Å². The summed E-state index contributed by atoms with van der Waals surface area (Å²) < 4.78 is 0. The summed E-state index contributed by atoms with van der Waals surface area (Å²) in [7, 11) is 0. The van der Waals surface area contributed by atoms with Gasteiger partial charge in [0.25, 0.3) is 0 Å². The minimum absolute atomic E-state index is 0.162. The molecular formula is C23H20N4O3. The van der Waals surface area contributed by atoms with E-state index in [1.165, 1.54) is 13.8 Å². The van der Waals surface area contributed by atoms with E-state index in [1.807, 2.05) is 36.4 Å². The Kier molecular flexibility index (Phi) is 4.93. The normalized spacial score (nSPS) is 10.7. The molecule has 0 saturated heterocycles. The van der Waals surface area contributed by atoms with E-state index < -0.39 is 0 Å². The number of aromatic nitrogens is 1. The number of phenols is 1. The average molecular weight is 400 g/mol. The fourth-order valence-corrected chi connectivity index (χ4v) is 3.33. The van der Waals surface area contributed by atoms with Gasteiger partial charge in [0, 0.05) is 41.7 Å². The minimum atomic E-state index is -0.162. The van der Waals surface area contributed by atoms with Crippen molar-refractivity contribution >= 4 is 56.4 Å². The fraction of sp³-hybridized carbons (Fsp3) is 0.0870. The molecule has 0 bridgehead atoms. The number of pyridine rings is 1. The molecule has 30 heavy (non-hydrogen) atoms. The highest BCUT2D eigenvalue weighted by Crippen LogP contribution is 2.35. The Morgan fingerprint density at radius 2 is 1.20 bits per heavy atom. The van der Waals surface area contributed by atoms with Crippen molar-refractivity contribution in [2.24, 2.45) is 0 Å². The lowest BCUT2D eigenvalue weighted by molar-refractivity contribution is -0.115. The molecule has 3 aromatic carbocycles. The Labute approximate surface area is 172 Å². The number of phenolic OH excluding ortho intramolecular Hbond substituents is 1. The molecule has 4 N–H and O–H groups in total. The lowest BCUT2D eigenvalue weighted by Crippen LogP contribution is -2.06. The van der Waals surface area contributed by atoms with Crippen LogP contribution in [-0.4, -0.2) is 21.9 Å². The van der Waals surface area contributed by atoms with Crippen LogP contribution >= 0.6 is 0 Å². The van der Waals surface area contributed by atoms with E-state index >= 15 is 0 Å². The van der Waals surface area contributed by atoms with E-state index in [4.69, 9.17) is 4.98 Å². The smallest absolute Gasteiger partial charge is 0.221 e. The zero-order valence-corrected chi connectivity index (χ0v) is 16.5. The van der Waals surface area contributed by atoms with Crippen LogP contribution in [0.25, 0.3) is 21.8 Å². The zero-order valence-electron chi connectivity index (χ0n) is 16.5. The van der Waals surface area contributed by atoms with Crippen LogP contribution in [0.5, 0.6) is 5.75 Å². The second-order valence-corrected chi connectivity index (χ2v) is 6.98. The first kappa shape index (κ1) is 19.2. The highest BCUT2D eigenvalue weighted by atomic mass is 16.3. The first-order chi connectivity index (χ1) is 14.4. The van der Waals surface area contributed by atoms with Crippen LogP contribution in [0.2, 0.25) is 0 Å². The van der Waals surface area contributed by atoms with Gasteiger partial charge >= 0.3 is 0 Å². The summed E-state index contributed by atoms with van der Waals surface area (Å²) in [4.78, 5) is 27.6. The van der Waals surface area contributed by atoms with Gasteiger partial charge in [0.05, 0.1) is 16.7 Å². The van der Waals surface area contributed by atoms with Crippen molar-refractivity contribution in [3.63, 3.8) is 0 Å². The summed E-state index contributed by atoms with van der Waals surface area (Å²) in [6.07, 6.45) is 0. The van der Waals surface area contributed by atoms with Gasteiger partial charge in [0.15, 0.2) is 0 Å². The molecule has 4 rings (SSSR count). The SMILES string of the molecule is CC(=O)Nc1ccc2c(Nc3ccc(O)cc3)c3ccc(NC(C)=O)cc3nc2c1. The van der Waals surface area contributed by atoms with Gasteiger partial charge in [-0.15, -0.1) is 0 Å². The number of amides is 2. The van der Waals surface area contributed by atoms with Crippen molar-refractivity contribution in [2.75, 3.05) is 16.0 Å². The molecule has 0 saturated carbocycles. The maximum atomic E-state index is 11.4. The van der Waals surface area contributed by atoms with Gasteiger partial charge in [-0.2, -0.15) is 0 Å². The minimum Gasteiger partial charge on any atom is -0.508 e. The predicted octanol–water partition coefficient (Wildman–Crippen LogP) is 4.75. The number of carbonyl (C=O) groups is 2. The van der Waals surface area contributed by atoms with Crippen molar-refractivity contribution in [3.8, 4) is 5.75 Å². The van der Waals surface area contributed by atoms with E-state index in [0.29, 0.717) is 22.4 Å². The number of carbonyl (C=O) groups excluding carboxylic acids is 2. The Bertz CT molecular complexity index is 1210. The van der Waals surface area contributed by atoms with E-state index in [-0.39, 0.29) is 17.6 Å². The molecule has 0 spiro atoms. The van der Waals surface area contributed by atoms with Crippen molar-refractivity contribution in [3.05, 3.63) is 60.7 Å². The average Bonchev–Trinajstić information content (AvgIpc) is 2.68. The third-order valence-corrected chi connectivity index (χ3v) is 4.55. The Hall–Kier alpha value is -4.13. The van der Waals surface area contributed by atoms with Gasteiger partial charge in [-0.1, -0.05) is 0 Å².